The number of hydrogen-bond donors (Lipinski definition) is 3. The van der Waals surface area contributed by atoms with E-state index in [1.807, 2.05) is 36.4 Å². The summed E-state index contributed by atoms with van der Waals surface area (Å²) in [5, 5.41) is 3.05. The highest BCUT2D eigenvalue weighted by molar-refractivity contribution is 5.80. The Labute approximate surface area is 142 Å². The molecule has 2 unspecified atom stereocenters. The molecule has 1 amide bonds. The number of benzene rings is 2. The summed E-state index contributed by atoms with van der Waals surface area (Å²) in [6.45, 7) is 3.19. The number of carbonyl (C=O) groups excluding carboxylic acids is 1. The van der Waals surface area contributed by atoms with Gasteiger partial charge in [0.2, 0.25) is 5.91 Å². The van der Waals surface area contributed by atoms with E-state index in [-0.39, 0.29) is 17.9 Å². The minimum Gasteiger partial charge on any atom is -0.497 e. The van der Waals surface area contributed by atoms with Crippen LogP contribution in [0.2, 0.25) is 0 Å². The topological polar surface area (TPSA) is 62.4 Å². The molecule has 1 fully saturated rings. The number of amides is 1. The van der Waals surface area contributed by atoms with Gasteiger partial charge >= 0.3 is 0 Å². The Bertz CT molecular complexity index is 717. The predicted molar refractivity (Wildman–Crippen MR) is 93.4 cm³/mol. The quantitative estimate of drug-likeness (QED) is 0.788. The molecule has 2 aromatic carbocycles. The molecule has 0 aromatic heterocycles. The smallest absolute Gasteiger partial charge is 0.226 e. The van der Waals surface area contributed by atoms with Crippen LogP contribution in [0.15, 0.2) is 48.5 Å². The van der Waals surface area contributed by atoms with Gasteiger partial charge in [0.25, 0.3) is 0 Å². The van der Waals surface area contributed by atoms with E-state index < -0.39 is 0 Å². The van der Waals surface area contributed by atoms with Crippen LogP contribution in [-0.4, -0.2) is 19.6 Å². The third kappa shape index (κ3) is 3.75. The minimum atomic E-state index is -0.165. The highest BCUT2D eigenvalue weighted by Gasteiger charge is 2.33. The van der Waals surface area contributed by atoms with Crippen molar-refractivity contribution in [2.75, 3.05) is 13.7 Å². The van der Waals surface area contributed by atoms with Crippen molar-refractivity contribution in [1.82, 2.24) is 16.2 Å². The monoisotopic (exact) mass is 325 g/mol. The van der Waals surface area contributed by atoms with Gasteiger partial charge < -0.3 is 10.1 Å². The molecule has 126 valence electrons. The third-order valence-electron chi connectivity index (χ3n) is 4.32. The lowest BCUT2D eigenvalue weighted by atomic mass is 9.94. The molecule has 5 nitrogen and oxygen atoms in total. The summed E-state index contributed by atoms with van der Waals surface area (Å²) in [4.78, 5) is 12.6. The molecule has 1 heterocycles. The summed E-state index contributed by atoms with van der Waals surface area (Å²) < 4.78 is 5.28. The minimum absolute atomic E-state index is 0.0434. The Morgan fingerprint density at radius 2 is 2.08 bits per heavy atom. The summed E-state index contributed by atoms with van der Waals surface area (Å²) in [6, 6.07) is 15.9. The molecule has 1 saturated heterocycles. The summed E-state index contributed by atoms with van der Waals surface area (Å²) in [6.07, 6.45) is 0. The molecular formula is C19H23N3O2. The molecule has 2 aromatic rings. The maximum atomic E-state index is 12.6. The maximum absolute atomic E-state index is 12.6. The molecule has 0 bridgehead atoms. The number of aryl methyl sites for hydroxylation is 1. The van der Waals surface area contributed by atoms with Crippen molar-refractivity contribution in [3.05, 3.63) is 65.2 Å². The third-order valence-corrected chi connectivity index (χ3v) is 4.32. The first-order valence-electron chi connectivity index (χ1n) is 8.13. The molecule has 1 aliphatic heterocycles. The van der Waals surface area contributed by atoms with Gasteiger partial charge in [-0.25, -0.2) is 5.43 Å². The van der Waals surface area contributed by atoms with Gasteiger partial charge in [0.15, 0.2) is 0 Å². The van der Waals surface area contributed by atoms with E-state index >= 15 is 0 Å². The van der Waals surface area contributed by atoms with Crippen LogP contribution >= 0.6 is 0 Å². The first-order chi connectivity index (χ1) is 11.7. The predicted octanol–water partition coefficient (Wildman–Crippen LogP) is 2.09. The average molecular weight is 325 g/mol. The second-order valence-electron chi connectivity index (χ2n) is 6.09. The van der Waals surface area contributed by atoms with Gasteiger partial charge in [0.05, 0.1) is 19.1 Å². The standard InChI is InChI=1S/C19H23N3O2/c1-13-5-3-6-14(9-13)11-20-19(23)17-12-21-22-18(17)15-7-4-8-16(10-15)24-2/h3-10,17-18,21-22H,11-12H2,1-2H3,(H,20,23). The zero-order valence-corrected chi connectivity index (χ0v) is 14.0. The Hall–Kier alpha value is -2.37. The second-order valence-corrected chi connectivity index (χ2v) is 6.09. The van der Waals surface area contributed by atoms with Crippen molar-refractivity contribution in [3.63, 3.8) is 0 Å². The Morgan fingerprint density at radius 3 is 2.88 bits per heavy atom. The van der Waals surface area contributed by atoms with Crippen LogP contribution in [0.25, 0.3) is 0 Å². The maximum Gasteiger partial charge on any atom is 0.226 e. The zero-order chi connectivity index (χ0) is 16.9. The molecule has 3 N–H and O–H groups in total. The fourth-order valence-corrected chi connectivity index (χ4v) is 3.03. The number of ether oxygens (including phenoxy) is 1. The van der Waals surface area contributed by atoms with Gasteiger partial charge in [0.1, 0.15) is 5.75 Å². The van der Waals surface area contributed by atoms with Gasteiger partial charge in [-0.2, -0.15) is 0 Å². The van der Waals surface area contributed by atoms with E-state index in [2.05, 4.69) is 35.2 Å². The molecule has 2 atom stereocenters. The summed E-state index contributed by atoms with van der Waals surface area (Å²) in [5.74, 6) is 0.670. The van der Waals surface area contributed by atoms with E-state index in [9.17, 15) is 4.79 Å². The number of hydrogen-bond acceptors (Lipinski definition) is 4. The number of carbonyl (C=O) groups is 1. The molecule has 5 heteroatoms. The zero-order valence-electron chi connectivity index (χ0n) is 14.0. The Morgan fingerprint density at radius 1 is 1.25 bits per heavy atom. The number of rotatable bonds is 5. The number of methoxy groups -OCH3 is 1. The fourth-order valence-electron chi connectivity index (χ4n) is 3.03. The van der Waals surface area contributed by atoms with E-state index in [4.69, 9.17) is 4.74 Å². The first kappa shape index (κ1) is 16.5. The molecule has 3 rings (SSSR count). The molecule has 0 saturated carbocycles. The normalized spacial score (nSPS) is 19.9. The van der Waals surface area contributed by atoms with Crippen LogP contribution in [0.4, 0.5) is 0 Å². The fraction of sp³-hybridized carbons (Fsp3) is 0.316. The lowest BCUT2D eigenvalue weighted by molar-refractivity contribution is -0.125. The highest BCUT2D eigenvalue weighted by Crippen LogP contribution is 2.27. The van der Waals surface area contributed by atoms with E-state index in [1.54, 1.807) is 7.11 Å². The lowest BCUT2D eigenvalue weighted by Gasteiger charge is -2.19. The van der Waals surface area contributed by atoms with Crippen molar-refractivity contribution < 1.29 is 9.53 Å². The van der Waals surface area contributed by atoms with Crippen LogP contribution in [0.5, 0.6) is 5.75 Å². The molecule has 0 radical (unpaired) electrons. The van der Waals surface area contributed by atoms with Gasteiger partial charge in [-0.3, -0.25) is 10.2 Å². The largest absolute Gasteiger partial charge is 0.497 e. The lowest BCUT2D eigenvalue weighted by Crippen LogP contribution is -2.34. The second kappa shape index (κ2) is 7.47. The van der Waals surface area contributed by atoms with Crippen molar-refractivity contribution >= 4 is 5.91 Å². The first-order valence-corrected chi connectivity index (χ1v) is 8.13. The van der Waals surface area contributed by atoms with Gasteiger partial charge in [-0.05, 0) is 30.2 Å². The average Bonchev–Trinajstić information content (AvgIpc) is 3.09. The Balaban J connectivity index is 1.67. The van der Waals surface area contributed by atoms with Crippen LogP contribution in [-0.2, 0) is 11.3 Å². The van der Waals surface area contributed by atoms with Crippen LogP contribution < -0.4 is 20.9 Å². The van der Waals surface area contributed by atoms with Gasteiger partial charge in [0, 0.05) is 13.1 Å². The summed E-state index contributed by atoms with van der Waals surface area (Å²) in [7, 11) is 1.64. The van der Waals surface area contributed by atoms with Crippen LogP contribution in [0.1, 0.15) is 22.7 Å². The van der Waals surface area contributed by atoms with E-state index in [0.29, 0.717) is 13.1 Å². The molecule has 0 aliphatic carbocycles. The molecular weight excluding hydrogens is 302 g/mol. The number of hydrazine groups is 1. The van der Waals surface area contributed by atoms with E-state index in [0.717, 1.165) is 16.9 Å². The highest BCUT2D eigenvalue weighted by atomic mass is 16.5. The summed E-state index contributed by atoms with van der Waals surface area (Å²) in [5.41, 5.74) is 9.63. The van der Waals surface area contributed by atoms with Crippen molar-refractivity contribution in [1.29, 1.82) is 0 Å². The summed E-state index contributed by atoms with van der Waals surface area (Å²) >= 11 is 0. The van der Waals surface area contributed by atoms with Gasteiger partial charge in [-0.1, -0.05) is 42.0 Å². The van der Waals surface area contributed by atoms with Crippen LogP contribution in [0.3, 0.4) is 0 Å². The Kier molecular flexibility index (Phi) is 5.13. The van der Waals surface area contributed by atoms with Crippen LogP contribution in [0, 0.1) is 12.8 Å². The molecule has 0 spiro atoms. The van der Waals surface area contributed by atoms with Gasteiger partial charge in [-0.15, -0.1) is 0 Å². The van der Waals surface area contributed by atoms with Crippen molar-refractivity contribution in [3.8, 4) is 5.75 Å². The molecule has 1 aliphatic rings. The van der Waals surface area contributed by atoms with E-state index in [1.165, 1.54) is 5.56 Å². The SMILES string of the molecule is COc1cccc(C2NNCC2C(=O)NCc2cccc(C)c2)c1. The number of nitrogens with one attached hydrogen (secondary N) is 3. The molecule has 24 heavy (non-hydrogen) atoms. The van der Waals surface area contributed by atoms with Crippen molar-refractivity contribution in [2.45, 2.75) is 19.5 Å². The van der Waals surface area contributed by atoms with Crippen molar-refractivity contribution in [2.24, 2.45) is 5.92 Å².